The van der Waals surface area contributed by atoms with Crippen LogP contribution in [0.5, 0.6) is 0 Å². The van der Waals surface area contributed by atoms with Crippen molar-refractivity contribution in [1.82, 2.24) is 4.90 Å². The van der Waals surface area contributed by atoms with Crippen LogP contribution in [0.25, 0.3) is 0 Å². The van der Waals surface area contributed by atoms with Crippen LogP contribution in [0.2, 0.25) is 0 Å². The molecule has 0 spiro atoms. The third kappa shape index (κ3) is 2.73. The number of benzene rings is 1. The maximum Gasteiger partial charge on any atom is 0.336 e. The third-order valence-electron chi connectivity index (χ3n) is 2.13. The second-order valence-corrected chi connectivity index (χ2v) is 3.66. The minimum atomic E-state index is -1.00. The summed E-state index contributed by atoms with van der Waals surface area (Å²) in [6.45, 7) is 1.71. The highest BCUT2D eigenvalue weighted by molar-refractivity contribution is 5.94. The van der Waals surface area contributed by atoms with Gasteiger partial charge in [0.05, 0.1) is 5.56 Å². The van der Waals surface area contributed by atoms with Gasteiger partial charge in [-0.05, 0) is 24.6 Å². The lowest BCUT2D eigenvalue weighted by atomic mass is 10.1. The zero-order valence-electron chi connectivity index (χ0n) is 9.44. The number of urea groups is 1. The molecule has 0 saturated heterocycles. The van der Waals surface area contributed by atoms with E-state index < -0.39 is 5.97 Å². The SMILES string of the molecule is Cc1ccc(NC(=O)N(C)C)cc1C(=O)O. The number of nitrogens with zero attached hydrogens (tertiary/aromatic N) is 1. The number of hydrogen-bond donors (Lipinski definition) is 2. The smallest absolute Gasteiger partial charge is 0.336 e. The first-order valence-electron chi connectivity index (χ1n) is 4.74. The van der Waals surface area contributed by atoms with Crippen LogP contribution in [0, 0.1) is 6.92 Å². The average Bonchev–Trinajstić information content (AvgIpc) is 2.20. The van der Waals surface area contributed by atoms with Gasteiger partial charge in [0.2, 0.25) is 0 Å². The van der Waals surface area contributed by atoms with Crippen molar-refractivity contribution < 1.29 is 14.7 Å². The van der Waals surface area contributed by atoms with Gasteiger partial charge in [-0.15, -0.1) is 0 Å². The highest BCUT2D eigenvalue weighted by Gasteiger charge is 2.09. The van der Waals surface area contributed by atoms with E-state index in [9.17, 15) is 9.59 Å². The molecule has 5 heteroatoms. The summed E-state index contributed by atoms with van der Waals surface area (Å²) in [5.74, 6) is -1.00. The average molecular weight is 222 g/mol. The van der Waals surface area contributed by atoms with Crippen molar-refractivity contribution in [2.75, 3.05) is 19.4 Å². The number of aromatic carboxylic acids is 1. The molecule has 0 aliphatic heterocycles. The Balaban J connectivity index is 2.95. The van der Waals surface area contributed by atoms with Crippen LogP contribution in [-0.4, -0.2) is 36.1 Å². The predicted molar refractivity (Wildman–Crippen MR) is 60.8 cm³/mol. The van der Waals surface area contributed by atoms with Crippen molar-refractivity contribution in [3.05, 3.63) is 29.3 Å². The van der Waals surface area contributed by atoms with Crippen LogP contribution in [0.4, 0.5) is 10.5 Å². The van der Waals surface area contributed by atoms with Gasteiger partial charge >= 0.3 is 12.0 Å². The van der Waals surface area contributed by atoms with Crippen molar-refractivity contribution in [3.8, 4) is 0 Å². The molecule has 0 bridgehead atoms. The number of carbonyl (C=O) groups excluding carboxylic acids is 1. The summed E-state index contributed by atoms with van der Waals surface area (Å²) >= 11 is 0. The van der Waals surface area contributed by atoms with Gasteiger partial charge in [-0.1, -0.05) is 6.07 Å². The lowest BCUT2D eigenvalue weighted by Gasteiger charge is -2.12. The Morgan fingerprint density at radius 1 is 1.31 bits per heavy atom. The van der Waals surface area contributed by atoms with E-state index in [1.807, 2.05) is 0 Å². The number of carbonyl (C=O) groups is 2. The minimum absolute atomic E-state index is 0.191. The molecule has 0 unspecified atom stereocenters. The maximum absolute atomic E-state index is 11.3. The number of amides is 2. The summed E-state index contributed by atoms with van der Waals surface area (Å²) in [5, 5.41) is 11.5. The molecule has 1 aromatic rings. The fourth-order valence-corrected chi connectivity index (χ4v) is 1.17. The second-order valence-electron chi connectivity index (χ2n) is 3.66. The van der Waals surface area contributed by atoms with E-state index in [0.717, 1.165) is 0 Å². The highest BCUT2D eigenvalue weighted by atomic mass is 16.4. The molecular weight excluding hydrogens is 208 g/mol. The maximum atomic E-state index is 11.3. The molecule has 2 amide bonds. The lowest BCUT2D eigenvalue weighted by Crippen LogP contribution is -2.27. The molecule has 0 radical (unpaired) electrons. The lowest BCUT2D eigenvalue weighted by molar-refractivity contribution is 0.0696. The van der Waals surface area contributed by atoms with Crippen LogP contribution in [0.3, 0.4) is 0 Å². The molecule has 1 aromatic carbocycles. The Kier molecular flexibility index (Phi) is 3.50. The second kappa shape index (κ2) is 4.65. The predicted octanol–water partition coefficient (Wildman–Crippen LogP) is 1.79. The van der Waals surface area contributed by atoms with E-state index in [4.69, 9.17) is 5.11 Å². The van der Waals surface area contributed by atoms with Crippen LogP contribution in [0.1, 0.15) is 15.9 Å². The van der Waals surface area contributed by atoms with Crippen LogP contribution in [0.15, 0.2) is 18.2 Å². The monoisotopic (exact) mass is 222 g/mol. The number of hydrogen-bond acceptors (Lipinski definition) is 2. The van der Waals surface area contributed by atoms with Crippen LogP contribution >= 0.6 is 0 Å². The molecule has 0 fully saturated rings. The quantitative estimate of drug-likeness (QED) is 0.801. The first kappa shape index (κ1) is 12.0. The van der Waals surface area contributed by atoms with E-state index >= 15 is 0 Å². The summed E-state index contributed by atoms with van der Waals surface area (Å²) in [6.07, 6.45) is 0. The molecule has 0 aromatic heterocycles. The largest absolute Gasteiger partial charge is 0.478 e. The van der Waals surface area contributed by atoms with Gasteiger partial charge in [0.25, 0.3) is 0 Å². The summed E-state index contributed by atoms with van der Waals surface area (Å²) in [5.41, 5.74) is 1.33. The number of carboxylic acid groups (broad SMARTS) is 1. The zero-order chi connectivity index (χ0) is 12.3. The van der Waals surface area contributed by atoms with Gasteiger partial charge < -0.3 is 15.3 Å². The van der Waals surface area contributed by atoms with Gasteiger partial charge in [0.15, 0.2) is 0 Å². The van der Waals surface area contributed by atoms with Gasteiger partial charge in [-0.3, -0.25) is 0 Å². The number of nitrogens with one attached hydrogen (secondary N) is 1. The van der Waals surface area contributed by atoms with Crippen LogP contribution < -0.4 is 5.32 Å². The van der Waals surface area contributed by atoms with Crippen molar-refractivity contribution >= 4 is 17.7 Å². The van der Waals surface area contributed by atoms with E-state index in [1.165, 1.54) is 11.0 Å². The first-order valence-corrected chi connectivity index (χ1v) is 4.74. The Hall–Kier alpha value is -2.04. The molecule has 0 saturated carbocycles. The van der Waals surface area contributed by atoms with Crippen LogP contribution in [-0.2, 0) is 0 Å². The van der Waals surface area contributed by atoms with E-state index in [2.05, 4.69) is 5.32 Å². The molecule has 1 rings (SSSR count). The molecule has 0 aliphatic carbocycles. The normalized spacial score (nSPS) is 9.69. The Morgan fingerprint density at radius 2 is 1.94 bits per heavy atom. The molecule has 5 nitrogen and oxygen atoms in total. The molecule has 0 atom stereocenters. The van der Waals surface area contributed by atoms with Gasteiger partial charge in [-0.25, -0.2) is 9.59 Å². The van der Waals surface area contributed by atoms with Crippen molar-refractivity contribution in [2.45, 2.75) is 6.92 Å². The van der Waals surface area contributed by atoms with Gasteiger partial charge in [-0.2, -0.15) is 0 Å². The summed E-state index contributed by atoms with van der Waals surface area (Å²) < 4.78 is 0. The third-order valence-corrected chi connectivity index (χ3v) is 2.13. The molecule has 16 heavy (non-hydrogen) atoms. The molecule has 2 N–H and O–H groups in total. The number of anilines is 1. The van der Waals surface area contributed by atoms with E-state index in [0.29, 0.717) is 11.3 Å². The van der Waals surface area contributed by atoms with Gasteiger partial charge in [0, 0.05) is 19.8 Å². The van der Waals surface area contributed by atoms with Crippen molar-refractivity contribution in [1.29, 1.82) is 0 Å². The number of carboxylic acids is 1. The molecular formula is C11H14N2O3. The summed E-state index contributed by atoms with van der Waals surface area (Å²) in [7, 11) is 3.23. The zero-order valence-corrected chi connectivity index (χ0v) is 9.44. The topological polar surface area (TPSA) is 69.6 Å². The molecule has 86 valence electrons. The van der Waals surface area contributed by atoms with Crippen molar-refractivity contribution in [2.24, 2.45) is 0 Å². The summed E-state index contributed by atoms with van der Waals surface area (Å²) in [4.78, 5) is 23.6. The Morgan fingerprint density at radius 3 is 2.44 bits per heavy atom. The van der Waals surface area contributed by atoms with E-state index in [1.54, 1.807) is 33.2 Å². The standard InChI is InChI=1S/C11H14N2O3/c1-7-4-5-8(6-9(7)10(14)15)12-11(16)13(2)3/h4-6H,1-3H3,(H,12,16)(H,14,15). The number of aryl methyl sites for hydroxylation is 1. The number of rotatable bonds is 2. The molecule has 0 aliphatic rings. The van der Waals surface area contributed by atoms with Crippen molar-refractivity contribution in [3.63, 3.8) is 0 Å². The van der Waals surface area contributed by atoms with Gasteiger partial charge in [0.1, 0.15) is 0 Å². The Labute approximate surface area is 93.7 Å². The molecule has 0 heterocycles. The minimum Gasteiger partial charge on any atom is -0.478 e. The van der Waals surface area contributed by atoms with E-state index in [-0.39, 0.29) is 11.6 Å². The Bertz CT molecular complexity index is 427. The first-order chi connectivity index (χ1) is 7.41. The fourth-order valence-electron chi connectivity index (χ4n) is 1.17. The summed E-state index contributed by atoms with van der Waals surface area (Å²) in [6, 6.07) is 4.48. The fraction of sp³-hybridized carbons (Fsp3) is 0.273. The highest BCUT2D eigenvalue weighted by Crippen LogP contribution is 2.15.